The van der Waals surface area contributed by atoms with Gasteiger partial charge in [0.1, 0.15) is 5.75 Å². The maximum atomic E-state index is 12.9. The molecular weight excluding hydrogens is 489 g/mol. The van der Waals surface area contributed by atoms with Gasteiger partial charge in [-0.15, -0.1) is 24.8 Å². The minimum atomic E-state index is -0.616. The van der Waals surface area contributed by atoms with Crippen molar-refractivity contribution in [2.24, 2.45) is 17.6 Å². The molecule has 9 heteroatoms. The molecule has 0 aromatic heterocycles. The predicted octanol–water partition coefficient (Wildman–Crippen LogP) is 4.19. The van der Waals surface area contributed by atoms with Crippen molar-refractivity contribution in [3.05, 3.63) is 29.8 Å². The van der Waals surface area contributed by atoms with E-state index in [9.17, 15) is 9.90 Å². The van der Waals surface area contributed by atoms with E-state index in [2.05, 4.69) is 38.3 Å². The maximum Gasteiger partial charge on any atom is 0.255 e. The summed E-state index contributed by atoms with van der Waals surface area (Å²) < 4.78 is 10.9. The molecule has 0 aliphatic rings. The molecule has 0 spiro atoms. The summed E-state index contributed by atoms with van der Waals surface area (Å²) in [6, 6.07) is 7.36. The number of rotatable bonds is 18. The first kappa shape index (κ1) is 36.1. The molecule has 0 aliphatic heterocycles. The number of halogens is 2. The number of unbranched alkanes of at least 4 members (excludes halogenated alkanes) is 1. The Bertz CT molecular complexity index is 663. The van der Waals surface area contributed by atoms with E-state index in [1.165, 1.54) is 0 Å². The van der Waals surface area contributed by atoms with Gasteiger partial charge in [0.05, 0.1) is 18.3 Å². The molecule has 35 heavy (non-hydrogen) atoms. The zero-order valence-electron chi connectivity index (χ0n) is 22.1. The number of carbonyl (C=O) groups excluding carboxylic acids is 1. The van der Waals surface area contributed by atoms with E-state index >= 15 is 0 Å². The van der Waals surface area contributed by atoms with Crippen LogP contribution in [0.3, 0.4) is 0 Å². The molecule has 0 unspecified atom stereocenters. The Labute approximate surface area is 225 Å². The van der Waals surface area contributed by atoms with Crippen molar-refractivity contribution in [1.82, 2.24) is 10.6 Å². The predicted molar refractivity (Wildman–Crippen MR) is 149 cm³/mol. The van der Waals surface area contributed by atoms with Crippen molar-refractivity contribution in [3.8, 4) is 5.75 Å². The molecule has 7 nitrogen and oxygen atoms in total. The number of benzene rings is 1. The van der Waals surface area contributed by atoms with Crippen molar-refractivity contribution >= 4 is 30.7 Å². The maximum absolute atomic E-state index is 12.9. The lowest BCUT2D eigenvalue weighted by molar-refractivity contribution is 0.0926. The molecule has 0 fully saturated rings. The van der Waals surface area contributed by atoms with Crippen LogP contribution in [0.2, 0.25) is 0 Å². The van der Waals surface area contributed by atoms with Crippen LogP contribution < -0.4 is 21.1 Å². The third-order valence-corrected chi connectivity index (χ3v) is 6.27. The summed E-state index contributed by atoms with van der Waals surface area (Å²) >= 11 is 0. The average molecular weight is 539 g/mol. The summed E-state index contributed by atoms with van der Waals surface area (Å²) in [7, 11) is 1.68. The first-order valence-corrected chi connectivity index (χ1v) is 12.5. The quantitative estimate of drug-likeness (QED) is 0.209. The number of carbonyl (C=O) groups is 1. The molecular formula is C26H49Cl2N3O4. The van der Waals surface area contributed by atoms with Crippen LogP contribution in [0.5, 0.6) is 5.75 Å². The van der Waals surface area contributed by atoms with Crippen LogP contribution in [0.15, 0.2) is 24.3 Å². The molecule has 0 heterocycles. The highest BCUT2D eigenvalue weighted by Gasteiger charge is 2.24. The van der Waals surface area contributed by atoms with E-state index in [1.807, 2.05) is 18.2 Å². The summed E-state index contributed by atoms with van der Waals surface area (Å²) in [6.45, 7) is 10.7. The molecule has 1 rings (SSSR count). The van der Waals surface area contributed by atoms with Gasteiger partial charge in [0.25, 0.3) is 5.91 Å². The molecule has 0 saturated heterocycles. The lowest BCUT2D eigenvalue weighted by Gasteiger charge is -2.28. The van der Waals surface area contributed by atoms with Gasteiger partial charge in [0.15, 0.2) is 0 Å². The van der Waals surface area contributed by atoms with E-state index in [0.717, 1.165) is 25.7 Å². The molecule has 206 valence electrons. The fourth-order valence-corrected chi connectivity index (χ4v) is 3.74. The van der Waals surface area contributed by atoms with Gasteiger partial charge in [-0.25, -0.2) is 0 Å². The monoisotopic (exact) mass is 537 g/mol. The minimum absolute atomic E-state index is 0. The van der Waals surface area contributed by atoms with E-state index in [1.54, 1.807) is 13.2 Å². The van der Waals surface area contributed by atoms with E-state index < -0.39 is 6.10 Å². The van der Waals surface area contributed by atoms with E-state index in [0.29, 0.717) is 56.0 Å². The number of aliphatic hydroxyl groups is 1. The fraction of sp³-hybridized carbons (Fsp3) is 0.731. The normalized spacial score (nSPS) is 13.5. The van der Waals surface area contributed by atoms with Crippen molar-refractivity contribution < 1.29 is 19.4 Å². The van der Waals surface area contributed by atoms with Crippen LogP contribution in [0.25, 0.3) is 0 Å². The Balaban J connectivity index is 0. The van der Waals surface area contributed by atoms with Gasteiger partial charge in [-0.1, -0.05) is 39.8 Å². The Kier molecular flexibility index (Phi) is 21.7. The lowest BCUT2D eigenvalue weighted by atomic mass is 9.87. The molecule has 1 aromatic rings. The molecule has 0 radical (unpaired) electrons. The molecule has 0 aliphatic carbocycles. The van der Waals surface area contributed by atoms with Gasteiger partial charge in [0, 0.05) is 38.9 Å². The summed E-state index contributed by atoms with van der Waals surface area (Å²) in [5.74, 6) is 0.919. The average Bonchev–Trinajstić information content (AvgIpc) is 2.81. The first-order valence-electron chi connectivity index (χ1n) is 12.5. The Morgan fingerprint density at radius 2 is 1.69 bits per heavy atom. The Morgan fingerprint density at radius 1 is 1.06 bits per heavy atom. The first-order chi connectivity index (χ1) is 15.8. The summed E-state index contributed by atoms with van der Waals surface area (Å²) in [6.07, 6.45) is 3.86. The summed E-state index contributed by atoms with van der Waals surface area (Å²) in [5, 5.41) is 17.0. The number of aliphatic hydroxyl groups excluding tert-OH is 1. The Hall–Kier alpha value is -1.09. The van der Waals surface area contributed by atoms with Crippen molar-refractivity contribution in [2.45, 2.75) is 78.0 Å². The second kappa shape index (κ2) is 21.0. The van der Waals surface area contributed by atoms with Gasteiger partial charge in [-0.3, -0.25) is 4.79 Å². The van der Waals surface area contributed by atoms with Gasteiger partial charge in [-0.05, 0) is 56.1 Å². The second-order valence-corrected chi connectivity index (χ2v) is 9.15. The summed E-state index contributed by atoms with van der Waals surface area (Å²) in [5.41, 5.74) is 6.86. The van der Waals surface area contributed by atoms with Gasteiger partial charge < -0.3 is 30.9 Å². The number of ether oxygens (including phenoxy) is 2. The third-order valence-electron chi connectivity index (χ3n) is 6.27. The van der Waals surface area contributed by atoms with Crippen LogP contribution in [0.4, 0.5) is 0 Å². The highest BCUT2D eigenvalue weighted by molar-refractivity contribution is 5.96. The lowest BCUT2D eigenvalue weighted by Crippen LogP contribution is -2.46. The van der Waals surface area contributed by atoms with E-state index in [4.69, 9.17) is 15.2 Å². The number of nitrogens with one attached hydrogen (secondary N) is 2. The number of methoxy groups -OCH3 is 1. The standard InChI is InChI=1S/C26H47N3O4.2ClH/c1-6-21(7-2)28-18-24(30)23(27)16-20(19(3)4)17-29-26(31)22-12-8-9-13-25(22)33-15-11-10-14-32-5;;/h8-9,12-13,19-21,23-24,28,30H,6-7,10-11,14-18,27H2,1-5H3,(H,29,31);2*1H/t20-,23+,24+;;/m1../s1. The number of para-hydroxylation sites is 1. The fourth-order valence-electron chi connectivity index (χ4n) is 3.74. The zero-order valence-corrected chi connectivity index (χ0v) is 23.8. The SMILES string of the molecule is CCC(CC)NC[C@H](O)[C@@H](N)C[C@H](CNC(=O)c1ccccc1OCCCCOC)C(C)C.Cl.Cl. The molecule has 1 amide bonds. The topological polar surface area (TPSA) is 106 Å². The van der Waals surface area contributed by atoms with Crippen LogP contribution in [-0.2, 0) is 4.74 Å². The van der Waals surface area contributed by atoms with Gasteiger partial charge in [0.2, 0.25) is 0 Å². The van der Waals surface area contributed by atoms with Crippen LogP contribution in [-0.4, -0.2) is 62.6 Å². The highest BCUT2D eigenvalue weighted by atomic mass is 35.5. The zero-order chi connectivity index (χ0) is 24.6. The van der Waals surface area contributed by atoms with Crippen LogP contribution in [0, 0.1) is 11.8 Å². The van der Waals surface area contributed by atoms with Crippen molar-refractivity contribution in [1.29, 1.82) is 0 Å². The smallest absolute Gasteiger partial charge is 0.255 e. The summed E-state index contributed by atoms with van der Waals surface area (Å²) in [4.78, 5) is 12.9. The van der Waals surface area contributed by atoms with Crippen molar-refractivity contribution in [3.63, 3.8) is 0 Å². The number of hydrogen-bond acceptors (Lipinski definition) is 6. The van der Waals surface area contributed by atoms with Gasteiger partial charge in [-0.2, -0.15) is 0 Å². The largest absolute Gasteiger partial charge is 0.493 e. The number of nitrogens with two attached hydrogens (primary N) is 1. The molecule has 1 aromatic carbocycles. The second-order valence-electron chi connectivity index (χ2n) is 9.15. The van der Waals surface area contributed by atoms with Gasteiger partial charge >= 0.3 is 0 Å². The molecule has 3 atom stereocenters. The van der Waals surface area contributed by atoms with Crippen LogP contribution in [0.1, 0.15) is 70.2 Å². The Morgan fingerprint density at radius 3 is 2.29 bits per heavy atom. The molecule has 5 N–H and O–H groups in total. The van der Waals surface area contributed by atoms with Crippen molar-refractivity contribution in [2.75, 3.05) is 33.4 Å². The number of amides is 1. The molecule has 0 saturated carbocycles. The highest BCUT2D eigenvalue weighted by Crippen LogP contribution is 2.20. The third kappa shape index (κ3) is 14.3. The number of hydrogen-bond donors (Lipinski definition) is 4. The molecule has 0 bridgehead atoms. The minimum Gasteiger partial charge on any atom is -0.493 e. The van der Waals surface area contributed by atoms with Crippen LogP contribution >= 0.6 is 24.8 Å². The van der Waals surface area contributed by atoms with E-state index in [-0.39, 0.29) is 42.7 Å².